The summed E-state index contributed by atoms with van der Waals surface area (Å²) in [4.78, 5) is 11.5. The number of carbonyl (C=O) groups is 1. The number of hydrogen-bond donors (Lipinski definition) is 3. The lowest BCUT2D eigenvalue weighted by atomic mass is 10.0. The fraction of sp³-hybridized carbons (Fsp3) is 0.471. The van der Waals surface area contributed by atoms with Crippen molar-refractivity contribution < 1.29 is 19.7 Å². The third-order valence-corrected chi connectivity index (χ3v) is 3.51. The van der Waals surface area contributed by atoms with Crippen molar-refractivity contribution in [1.29, 1.82) is 0 Å². The van der Waals surface area contributed by atoms with Gasteiger partial charge < -0.3 is 14.9 Å². The van der Waals surface area contributed by atoms with Crippen molar-refractivity contribution >= 4 is 18.4 Å². The Morgan fingerprint density at radius 2 is 2.14 bits per heavy atom. The molecule has 0 aromatic heterocycles. The summed E-state index contributed by atoms with van der Waals surface area (Å²) < 4.78 is 5.58. The van der Waals surface area contributed by atoms with Crippen molar-refractivity contribution in [2.45, 2.75) is 39.2 Å². The molecule has 0 saturated heterocycles. The first-order valence-corrected chi connectivity index (χ1v) is 7.87. The van der Waals surface area contributed by atoms with Crippen LogP contribution >= 0.6 is 12.6 Å². The van der Waals surface area contributed by atoms with E-state index in [2.05, 4.69) is 24.5 Å². The van der Waals surface area contributed by atoms with Gasteiger partial charge in [0.2, 0.25) is 0 Å². The highest BCUT2D eigenvalue weighted by atomic mass is 32.1. The van der Waals surface area contributed by atoms with Gasteiger partial charge in [0.25, 0.3) is 0 Å². The van der Waals surface area contributed by atoms with Gasteiger partial charge in [-0.3, -0.25) is 4.79 Å². The molecule has 5 heteroatoms. The van der Waals surface area contributed by atoms with Crippen molar-refractivity contribution in [3.63, 3.8) is 0 Å². The Labute approximate surface area is 136 Å². The average Bonchev–Trinajstić information content (AvgIpc) is 2.49. The minimum atomic E-state index is -0.537. The molecule has 2 N–H and O–H groups in total. The molecule has 22 heavy (non-hydrogen) atoms. The molecule has 1 rings (SSSR count). The molecule has 0 heterocycles. The highest BCUT2D eigenvalue weighted by Crippen LogP contribution is 2.32. The van der Waals surface area contributed by atoms with Gasteiger partial charge in [0.15, 0.2) is 5.78 Å². The minimum Gasteiger partial charge on any atom is -0.507 e. The summed E-state index contributed by atoms with van der Waals surface area (Å²) in [6, 6.07) is 3.25. The first-order chi connectivity index (χ1) is 10.5. The molecule has 0 aliphatic rings. The summed E-state index contributed by atoms with van der Waals surface area (Å²) in [5, 5.41) is 19.5. The molecule has 4 nitrogen and oxygen atoms in total. The van der Waals surface area contributed by atoms with Crippen LogP contribution in [-0.2, 0) is 6.42 Å². The maximum Gasteiger partial charge on any atom is 0.163 e. The number of ketones is 1. The molecule has 1 aromatic carbocycles. The second-order valence-corrected chi connectivity index (χ2v) is 5.29. The summed E-state index contributed by atoms with van der Waals surface area (Å²) in [7, 11) is 0. The Hall–Kier alpha value is -1.64. The van der Waals surface area contributed by atoms with Gasteiger partial charge in [-0.25, -0.2) is 0 Å². The number of aromatic hydroxyl groups is 1. The zero-order chi connectivity index (χ0) is 16.5. The zero-order valence-electron chi connectivity index (χ0n) is 12.9. The van der Waals surface area contributed by atoms with Crippen LogP contribution in [-0.4, -0.2) is 34.5 Å². The van der Waals surface area contributed by atoms with Gasteiger partial charge in [0.05, 0.1) is 11.7 Å². The zero-order valence-corrected chi connectivity index (χ0v) is 13.8. The molecule has 0 aliphatic carbocycles. The van der Waals surface area contributed by atoms with Crippen molar-refractivity contribution in [3.8, 4) is 23.3 Å². The van der Waals surface area contributed by atoms with E-state index in [-0.39, 0.29) is 18.1 Å². The van der Waals surface area contributed by atoms with Crippen LogP contribution in [0.4, 0.5) is 0 Å². The first-order valence-electron chi connectivity index (χ1n) is 7.24. The van der Waals surface area contributed by atoms with Crippen molar-refractivity contribution in [2.75, 3.05) is 12.4 Å². The minimum absolute atomic E-state index is 0.00898. The fourth-order valence-electron chi connectivity index (χ4n) is 1.95. The van der Waals surface area contributed by atoms with Gasteiger partial charge in [0, 0.05) is 17.7 Å². The number of aliphatic hydroxyl groups excluding tert-OH is 1. The molecule has 0 spiro atoms. The number of carbonyl (C=O) groups excluding carboxylic acids is 1. The molecular formula is C17H22O4S. The number of phenols is 1. The third-order valence-electron chi connectivity index (χ3n) is 3.09. The predicted molar refractivity (Wildman–Crippen MR) is 89.9 cm³/mol. The number of aliphatic hydroxyl groups is 1. The second kappa shape index (κ2) is 9.39. The van der Waals surface area contributed by atoms with E-state index in [1.54, 1.807) is 12.1 Å². The highest BCUT2D eigenvalue weighted by Gasteiger charge is 2.15. The number of rotatable bonds is 7. The van der Waals surface area contributed by atoms with Crippen LogP contribution in [0.3, 0.4) is 0 Å². The van der Waals surface area contributed by atoms with Crippen LogP contribution in [0.2, 0.25) is 0 Å². The van der Waals surface area contributed by atoms with Crippen molar-refractivity contribution in [2.24, 2.45) is 0 Å². The largest absolute Gasteiger partial charge is 0.507 e. The van der Waals surface area contributed by atoms with Crippen LogP contribution in [0.5, 0.6) is 11.5 Å². The molecule has 120 valence electrons. The molecule has 0 amide bonds. The lowest BCUT2D eigenvalue weighted by Crippen LogP contribution is -2.06. The Balaban J connectivity index is 2.82. The number of ether oxygens (including phenoxy) is 1. The number of hydrogen-bond acceptors (Lipinski definition) is 5. The van der Waals surface area contributed by atoms with E-state index in [0.717, 1.165) is 6.42 Å². The monoisotopic (exact) mass is 322 g/mol. The number of benzene rings is 1. The predicted octanol–water partition coefficient (Wildman–Crippen LogP) is 2.61. The summed E-state index contributed by atoms with van der Waals surface area (Å²) in [6.07, 6.45) is 1.26. The van der Waals surface area contributed by atoms with Crippen LogP contribution in [0.15, 0.2) is 12.1 Å². The van der Waals surface area contributed by atoms with E-state index < -0.39 is 6.10 Å². The molecule has 1 atom stereocenters. The molecule has 0 fully saturated rings. The Morgan fingerprint density at radius 3 is 2.73 bits per heavy atom. The molecule has 0 unspecified atom stereocenters. The van der Waals surface area contributed by atoms with E-state index in [9.17, 15) is 15.0 Å². The number of thiol groups is 1. The van der Waals surface area contributed by atoms with E-state index in [0.29, 0.717) is 35.5 Å². The van der Waals surface area contributed by atoms with Crippen LogP contribution in [0, 0.1) is 11.8 Å². The lowest BCUT2D eigenvalue weighted by molar-refractivity contribution is 0.101. The summed E-state index contributed by atoms with van der Waals surface area (Å²) in [6.45, 7) is 3.57. The normalized spacial score (nSPS) is 11.5. The second-order valence-electron chi connectivity index (χ2n) is 4.93. The molecule has 0 bridgehead atoms. The highest BCUT2D eigenvalue weighted by molar-refractivity contribution is 7.80. The number of Topliss-reactive ketones (excluding diaryl/α,β-unsaturated/α-hetero) is 1. The SMILES string of the molecule is CCCc1c(OCC#CC[C@H](O)CS)ccc(C(C)=O)c1O. The molecular weight excluding hydrogens is 300 g/mol. The van der Waals surface area contributed by atoms with E-state index in [1.807, 2.05) is 6.92 Å². The molecule has 0 radical (unpaired) electrons. The van der Waals surface area contributed by atoms with Gasteiger partial charge >= 0.3 is 0 Å². The van der Waals surface area contributed by atoms with Crippen molar-refractivity contribution in [1.82, 2.24) is 0 Å². The molecule has 0 aliphatic heterocycles. The summed E-state index contributed by atoms with van der Waals surface area (Å²) in [5.74, 6) is 6.34. The summed E-state index contributed by atoms with van der Waals surface area (Å²) >= 11 is 3.97. The maximum absolute atomic E-state index is 11.5. The van der Waals surface area contributed by atoms with Gasteiger partial charge in [0.1, 0.15) is 18.1 Å². The Bertz CT molecular complexity index is 572. The smallest absolute Gasteiger partial charge is 0.163 e. The van der Waals surface area contributed by atoms with Crippen LogP contribution in [0.1, 0.15) is 42.6 Å². The van der Waals surface area contributed by atoms with E-state index >= 15 is 0 Å². The van der Waals surface area contributed by atoms with Crippen molar-refractivity contribution in [3.05, 3.63) is 23.3 Å². The third kappa shape index (κ3) is 5.28. The fourth-order valence-corrected chi connectivity index (χ4v) is 2.08. The topological polar surface area (TPSA) is 66.8 Å². The number of phenolic OH excluding ortho intramolecular Hbond substituents is 1. The molecule has 0 saturated carbocycles. The van der Waals surface area contributed by atoms with Gasteiger partial charge in [-0.2, -0.15) is 12.6 Å². The lowest BCUT2D eigenvalue weighted by Gasteiger charge is -2.13. The average molecular weight is 322 g/mol. The Morgan fingerprint density at radius 1 is 1.41 bits per heavy atom. The quantitative estimate of drug-likeness (QED) is 0.410. The Kier molecular flexibility index (Phi) is 7.86. The van der Waals surface area contributed by atoms with Gasteiger partial charge in [-0.15, -0.1) is 0 Å². The standard InChI is InChI=1S/C17H22O4S/c1-3-6-15-16(9-8-14(12(2)18)17(15)20)21-10-5-4-7-13(19)11-22/h8-9,13,19-20,22H,3,6-7,10-11H2,1-2H3/t13-/m0/s1. The molecule has 1 aromatic rings. The summed E-state index contributed by atoms with van der Waals surface area (Å²) in [5.41, 5.74) is 0.936. The van der Waals surface area contributed by atoms with E-state index in [1.165, 1.54) is 6.92 Å². The van der Waals surface area contributed by atoms with Gasteiger partial charge in [-0.05, 0) is 25.5 Å². The first kappa shape index (κ1) is 18.4. The van der Waals surface area contributed by atoms with Gasteiger partial charge in [-0.1, -0.05) is 25.2 Å². The van der Waals surface area contributed by atoms with Crippen LogP contribution in [0.25, 0.3) is 0 Å². The maximum atomic E-state index is 11.5. The van der Waals surface area contributed by atoms with E-state index in [4.69, 9.17) is 4.74 Å². The van der Waals surface area contributed by atoms with Crippen LogP contribution < -0.4 is 4.74 Å².